The first-order valence-corrected chi connectivity index (χ1v) is 5.87. The second-order valence-electron chi connectivity index (χ2n) is 4.44. The Kier molecular flexibility index (Phi) is 3.22. The zero-order valence-corrected chi connectivity index (χ0v) is 9.62. The van der Waals surface area contributed by atoms with E-state index in [2.05, 4.69) is 11.1 Å². The van der Waals surface area contributed by atoms with Gasteiger partial charge in [0.1, 0.15) is 0 Å². The molecular weight excluding hydrogens is 202 g/mol. The van der Waals surface area contributed by atoms with Gasteiger partial charge in [-0.1, -0.05) is 6.07 Å². The van der Waals surface area contributed by atoms with Gasteiger partial charge in [-0.15, -0.1) is 0 Å². The molecule has 0 aromatic carbocycles. The van der Waals surface area contributed by atoms with Crippen molar-refractivity contribution in [2.24, 2.45) is 0 Å². The SMILES string of the molecule is Cc1nc2c(cc1CCC(=O)O)CCCC2. The summed E-state index contributed by atoms with van der Waals surface area (Å²) in [6.45, 7) is 1.98. The van der Waals surface area contributed by atoms with Gasteiger partial charge in [0.05, 0.1) is 0 Å². The quantitative estimate of drug-likeness (QED) is 0.848. The average molecular weight is 219 g/mol. The minimum absolute atomic E-state index is 0.196. The van der Waals surface area contributed by atoms with Gasteiger partial charge >= 0.3 is 5.97 Å². The zero-order valence-electron chi connectivity index (χ0n) is 9.62. The molecule has 1 aromatic rings. The fourth-order valence-corrected chi connectivity index (χ4v) is 2.28. The molecule has 0 saturated carbocycles. The number of carboxylic acid groups (broad SMARTS) is 1. The molecule has 1 heterocycles. The van der Waals surface area contributed by atoms with Crippen LogP contribution in [0.4, 0.5) is 0 Å². The van der Waals surface area contributed by atoms with Crippen LogP contribution in [0.5, 0.6) is 0 Å². The molecule has 1 aromatic heterocycles. The van der Waals surface area contributed by atoms with E-state index in [1.807, 2.05) is 6.92 Å². The summed E-state index contributed by atoms with van der Waals surface area (Å²) in [6, 6.07) is 2.17. The molecule has 3 nitrogen and oxygen atoms in total. The summed E-state index contributed by atoms with van der Waals surface area (Å²) in [7, 11) is 0. The van der Waals surface area contributed by atoms with Gasteiger partial charge in [-0.2, -0.15) is 0 Å². The van der Waals surface area contributed by atoms with Crippen LogP contribution in [0.25, 0.3) is 0 Å². The number of fused-ring (bicyclic) bond motifs is 1. The third-order valence-electron chi connectivity index (χ3n) is 3.20. The van der Waals surface area contributed by atoms with Crippen LogP contribution in [0, 0.1) is 6.92 Å². The number of aryl methyl sites for hydroxylation is 4. The highest BCUT2D eigenvalue weighted by atomic mass is 16.4. The van der Waals surface area contributed by atoms with Gasteiger partial charge in [0.2, 0.25) is 0 Å². The van der Waals surface area contributed by atoms with Crippen LogP contribution >= 0.6 is 0 Å². The predicted molar refractivity (Wildman–Crippen MR) is 61.6 cm³/mol. The topological polar surface area (TPSA) is 50.2 Å². The van der Waals surface area contributed by atoms with Gasteiger partial charge < -0.3 is 5.11 Å². The van der Waals surface area contributed by atoms with E-state index in [9.17, 15) is 4.79 Å². The molecule has 3 heteroatoms. The van der Waals surface area contributed by atoms with E-state index in [1.165, 1.54) is 24.1 Å². The van der Waals surface area contributed by atoms with Gasteiger partial charge in [0, 0.05) is 17.8 Å². The summed E-state index contributed by atoms with van der Waals surface area (Å²) in [5.41, 5.74) is 4.66. The largest absolute Gasteiger partial charge is 0.481 e. The number of hydrogen-bond donors (Lipinski definition) is 1. The zero-order chi connectivity index (χ0) is 11.5. The Morgan fingerprint density at radius 1 is 1.44 bits per heavy atom. The van der Waals surface area contributed by atoms with Crippen molar-refractivity contribution < 1.29 is 9.90 Å². The lowest BCUT2D eigenvalue weighted by Crippen LogP contribution is -2.09. The van der Waals surface area contributed by atoms with Crippen LogP contribution in [0.3, 0.4) is 0 Å². The maximum atomic E-state index is 10.6. The first kappa shape index (κ1) is 11.1. The molecule has 0 unspecified atom stereocenters. The van der Waals surface area contributed by atoms with Crippen molar-refractivity contribution in [3.05, 3.63) is 28.6 Å². The Balaban J connectivity index is 2.21. The van der Waals surface area contributed by atoms with Gasteiger partial charge in [-0.3, -0.25) is 9.78 Å². The van der Waals surface area contributed by atoms with E-state index in [0.29, 0.717) is 6.42 Å². The van der Waals surface area contributed by atoms with Crippen LogP contribution in [-0.4, -0.2) is 16.1 Å². The van der Waals surface area contributed by atoms with Gasteiger partial charge in [-0.05, 0) is 50.2 Å². The number of pyridine rings is 1. The van der Waals surface area contributed by atoms with E-state index >= 15 is 0 Å². The van der Waals surface area contributed by atoms with Gasteiger partial charge in [-0.25, -0.2) is 0 Å². The molecule has 0 atom stereocenters. The lowest BCUT2D eigenvalue weighted by molar-refractivity contribution is -0.136. The van der Waals surface area contributed by atoms with E-state index in [-0.39, 0.29) is 6.42 Å². The van der Waals surface area contributed by atoms with Crippen molar-refractivity contribution in [3.8, 4) is 0 Å². The first-order chi connectivity index (χ1) is 7.66. The van der Waals surface area contributed by atoms with Crippen LogP contribution in [0.15, 0.2) is 6.07 Å². The minimum Gasteiger partial charge on any atom is -0.481 e. The smallest absolute Gasteiger partial charge is 0.303 e. The summed E-state index contributed by atoms with van der Waals surface area (Å²) in [5.74, 6) is -0.739. The molecule has 1 aliphatic rings. The maximum absolute atomic E-state index is 10.6. The second-order valence-corrected chi connectivity index (χ2v) is 4.44. The molecule has 86 valence electrons. The number of rotatable bonds is 3. The van der Waals surface area contributed by atoms with Crippen LogP contribution in [0.2, 0.25) is 0 Å². The monoisotopic (exact) mass is 219 g/mol. The van der Waals surface area contributed by atoms with Crippen molar-refractivity contribution >= 4 is 5.97 Å². The van der Waals surface area contributed by atoms with Crippen molar-refractivity contribution in [1.29, 1.82) is 0 Å². The number of hydrogen-bond acceptors (Lipinski definition) is 2. The molecule has 0 fully saturated rings. The second kappa shape index (κ2) is 4.64. The Bertz CT molecular complexity index is 413. The first-order valence-electron chi connectivity index (χ1n) is 5.87. The Morgan fingerprint density at radius 2 is 2.19 bits per heavy atom. The maximum Gasteiger partial charge on any atom is 0.303 e. The van der Waals surface area contributed by atoms with Crippen LogP contribution in [-0.2, 0) is 24.1 Å². The summed E-state index contributed by atoms with van der Waals surface area (Å²) in [6.07, 6.45) is 5.44. The van der Waals surface area contributed by atoms with E-state index in [0.717, 1.165) is 24.1 Å². The summed E-state index contributed by atoms with van der Waals surface area (Å²) < 4.78 is 0. The Labute approximate surface area is 95.5 Å². The number of aliphatic carboxylic acids is 1. The molecule has 16 heavy (non-hydrogen) atoms. The summed E-state index contributed by atoms with van der Waals surface area (Å²) in [5, 5.41) is 8.68. The highest BCUT2D eigenvalue weighted by Crippen LogP contribution is 2.22. The van der Waals surface area contributed by atoms with Gasteiger partial charge in [0.15, 0.2) is 0 Å². The summed E-state index contributed by atoms with van der Waals surface area (Å²) >= 11 is 0. The Morgan fingerprint density at radius 3 is 2.94 bits per heavy atom. The minimum atomic E-state index is -0.739. The van der Waals surface area contributed by atoms with Crippen molar-refractivity contribution in [2.75, 3.05) is 0 Å². The molecule has 0 aliphatic heterocycles. The van der Waals surface area contributed by atoms with Crippen LogP contribution < -0.4 is 0 Å². The van der Waals surface area contributed by atoms with Crippen molar-refractivity contribution in [3.63, 3.8) is 0 Å². The molecule has 0 bridgehead atoms. The third kappa shape index (κ3) is 2.40. The van der Waals surface area contributed by atoms with Crippen molar-refractivity contribution in [2.45, 2.75) is 45.4 Å². The average Bonchev–Trinajstić information content (AvgIpc) is 2.26. The van der Waals surface area contributed by atoms with Crippen LogP contribution in [0.1, 0.15) is 41.8 Å². The molecule has 0 radical (unpaired) electrons. The lowest BCUT2D eigenvalue weighted by Gasteiger charge is -2.17. The third-order valence-corrected chi connectivity index (χ3v) is 3.20. The molecule has 0 amide bonds. The molecule has 1 N–H and O–H groups in total. The predicted octanol–water partition coefficient (Wildman–Crippen LogP) is 2.29. The number of carbonyl (C=O) groups is 1. The number of carboxylic acids is 1. The highest BCUT2D eigenvalue weighted by Gasteiger charge is 2.13. The highest BCUT2D eigenvalue weighted by molar-refractivity contribution is 5.67. The lowest BCUT2D eigenvalue weighted by atomic mass is 9.93. The van der Waals surface area contributed by atoms with Gasteiger partial charge in [0.25, 0.3) is 0 Å². The number of aromatic nitrogens is 1. The molecule has 0 spiro atoms. The standard InChI is InChI=1S/C13H17NO2/c1-9-10(6-7-13(15)16)8-11-4-2-3-5-12(11)14-9/h8H,2-7H2,1H3,(H,15,16). The van der Waals surface area contributed by atoms with E-state index in [4.69, 9.17) is 5.11 Å². The fourth-order valence-electron chi connectivity index (χ4n) is 2.28. The fraction of sp³-hybridized carbons (Fsp3) is 0.538. The Hall–Kier alpha value is -1.38. The molecule has 1 aliphatic carbocycles. The molecule has 2 rings (SSSR count). The molecule has 0 saturated heterocycles. The summed E-state index contributed by atoms with van der Waals surface area (Å²) in [4.78, 5) is 15.2. The van der Waals surface area contributed by atoms with Crippen molar-refractivity contribution in [1.82, 2.24) is 4.98 Å². The van der Waals surface area contributed by atoms with E-state index in [1.54, 1.807) is 0 Å². The number of nitrogens with zero attached hydrogens (tertiary/aromatic N) is 1. The molecular formula is C13H17NO2. The normalized spacial score (nSPS) is 14.6. The van der Waals surface area contributed by atoms with E-state index < -0.39 is 5.97 Å².